The van der Waals surface area contributed by atoms with Gasteiger partial charge in [0.15, 0.2) is 0 Å². The third-order valence-corrected chi connectivity index (χ3v) is 4.47. The highest BCUT2D eigenvalue weighted by atomic mass is 32.2. The van der Waals surface area contributed by atoms with E-state index in [4.69, 9.17) is 5.11 Å². The van der Waals surface area contributed by atoms with Crippen molar-refractivity contribution in [3.05, 3.63) is 29.8 Å². The smallest absolute Gasteiger partial charge is 0.243 e. The summed E-state index contributed by atoms with van der Waals surface area (Å²) in [6.07, 6.45) is 0. The van der Waals surface area contributed by atoms with Gasteiger partial charge < -0.3 is 5.11 Å². The predicted molar refractivity (Wildman–Crippen MR) is 55.7 cm³/mol. The number of nitrogens with zero attached hydrogens (tertiary/aromatic N) is 1. The molecule has 1 fully saturated rings. The molecule has 0 saturated carbocycles. The third-order valence-electron chi connectivity index (χ3n) is 2.66. The van der Waals surface area contributed by atoms with Gasteiger partial charge in [-0.25, -0.2) is 17.2 Å². The van der Waals surface area contributed by atoms with Gasteiger partial charge in [-0.3, -0.25) is 0 Å². The van der Waals surface area contributed by atoms with E-state index >= 15 is 0 Å². The van der Waals surface area contributed by atoms with Gasteiger partial charge in [-0.2, -0.15) is 4.31 Å². The van der Waals surface area contributed by atoms with Gasteiger partial charge in [0, 0.05) is 31.7 Å². The lowest BCUT2D eigenvalue weighted by atomic mass is 10.1. The van der Waals surface area contributed by atoms with Crippen LogP contribution in [-0.2, 0) is 10.0 Å². The van der Waals surface area contributed by atoms with Crippen LogP contribution in [0.25, 0.3) is 0 Å². The quantitative estimate of drug-likeness (QED) is 0.867. The molecule has 1 aromatic rings. The van der Waals surface area contributed by atoms with Crippen LogP contribution in [-0.4, -0.2) is 37.5 Å². The topological polar surface area (TPSA) is 57.6 Å². The fourth-order valence-electron chi connectivity index (χ4n) is 1.66. The van der Waals surface area contributed by atoms with Crippen LogP contribution in [0.3, 0.4) is 0 Å². The molecular weight excluding hydrogens is 252 g/mol. The van der Waals surface area contributed by atoms with E-state index in [0.717, 1.165) is 16.4 Å². The summed E-state index contributed by atoms with van der Waals surface area (Å²) in [7, 11) is -3.85. The molecule has 1 N–H and O–H groups in total. The van der Waals surface area contributed by atoms with Crippen molar-refractivity contribution in [1.29, 1.82) is 0 Å². The van der Waals surface area contributed by atoms with Crippen molar-refractivity contribution < 1.29 is 22.3 Å². The summed E-state index contributed by atoms with van der Waals surface area (Å²) in [5, 5.41) is 8.79. The lowest BCUT2D eigenvalue weighted by Gasteiger charge is -2.36. The molecule has 0 radical (unpaired) electrons. The highest BCUT2D eigenvalue weighted by Gasteiger charge is 2.36. The summed E-state index contributed by atoms with van der Waals surface area (Å²) >= 11 is 0. The fourth-order valence-corrected chi connectivity index (χ4v) is 3.30. The zero-order valence-electron chi connectivity index (χ0n) is 8.81. The maximum absolute atomic E-state index is 12.9. The molecule has 7 heteroatoms. The first-order valence-corrected chi connectivity index (χ1v) is 6.44. The van der Waals surface area contributed by atoms with Crippen LogP contribution in [0.4, 0.5) is 8.78 Å². The Labute approximate surface area is 97.5 Å². The average Bonchev–Trinajstić information content (AvgIpc) is 2.13. The zero-order chi connectivity index (χ0) is 12.6. The summed E-state index contributed by atoms with van der Waals surface area (Å²) in [6, 6.07) is 2.18. The lowest BCUT2D eigenvalue weighted by molar-refractivity contribution is 0.117. The Bertz CT molecular complexity index is 506. The van der Waals surface area contributed by atoms with Crippen LogP contribution in [0.2, 0.25) is 0 Å². The number of benzene rings is 1. The Morgan fingerprint density at radius 3 is 2.24 bits per heavy atom. The van der Waals surface area contributed by atoms with Crippen molar-refractivity contribution in [1.82, 2.24) is 4.31 Å². The first-order valence-electron chi connectivity index (χ1n) is 5.00. The number of halogens is 2. The van der Waals surface area contributed by atoms with E-state index < -0.39 is 26.6 Å². The van der Waals surface area contributed by atoms with Gasteiger partial charge in [0.2, 0.25) is 10.0 Å². The van der Waals surface area contributed by atoms with Crippen LogP contribution in [0, 0.1) is 17.6 Å². The summed E-state index contributed by atoms with van der Waals surface area (Å²) in [5.74, 6) is -1.95. The van der Waals surface area contributed by atoms with E-state index in [9.17, 15) is 17.2 Å². The van der Waals surface area contributed by atoms with Crippen LogP contribution in [0.15, 0.2) is 23.1 Å². The van der Waals surface area contributed by atoms with E-state index in [1.165, 1.54) is 0 Å². The van der Waals surface area contributed by atoms with Gasteiger partial charge >= 0.3 is 0 Å². The molecule has 2 rings (SSSR count). The number of hydrogen-bond donors (Lipinski definition) is 1. The molecule has 0 atom stereocenters. The highest BCUT2D eigenvalue weighted by molar-refractivity contribution is 7.89. The SMILES string of the molecule is O=S(=O)(c1cc(F)cc(F)c1)N1CC(CO)C1. The van der Waals surface area contributed by atoms with E-state index in [2.05, 4.69) is 0 Å². The number of hydrogen-bond acceptors (Lipinski definition) is 3. The Balaban J connectivity index is 2.27. The van der Waals surface area contributed by atoms with E-state index in [1.807, 2.05) is 0 Å². The summed E-state index contributed by atoms with van der Waals surface area (Å²) in [6.45, 7) is 0.261. The number of rotatable bonds is 3. The van der Waals surface area contributed by atoms with Crippen molar-refractivity contribution in [2.24, 2.45) is 5.92 Å². The zero-order valence-corrected chi connectivity index (χ0v) is 9.62. The normalized spacial score (nSPS) is 18.1. The van der Waals surface area contributed by atoms with Gasteiger partial charge in [-0.15, -0.1) is 0 Å². The second kappa shape index (κ2) is 4.32. The monoisotopic (exact) mass is 263 g/mol. The molecule has 0 spiro atoms. The van der Waals surface area contributed by atoms with Crippen molar-refractivity contribution in [3.63, 3.8) is 0 Å². The molecule has 1 heterocycles. The van der Waals surface area contributed by atoms with Gasteiger partial charge in [0.05, 0.1) is 4.90 Å². The Kier molecular flexibility index (Phi) is 3.15. The van der Waals surface area contributed by atoms with Crippen LogP contribution in [0.1, 0.15) is 0 Å². The molecule has 94 valence electrons. The molecule has 17 heavy (non-hydrogen) atoms. The molecule has 0 unspecified atom stereocenters. The third kappa shape index (κ3) is 2.31. The molecule has 0 aromatic heterocycles. The van der Waals surface area contributed by atoms with Gasteiger partial charge in [-0.05, 0) is 12.1 Å². The molecule has 4 nitrogen and oxygen atoms in total. The molecule has 0 amide bonds. The number of aliphatic hydroxyl groups excluding tert-OH is 1. The Hall–Kier alpha value is -1.05. The van der Waals surface area contributed by atoms with Gasteiger partial charge in [-0.1, -0.05) is 0 Å². The predicted octanol–water partition coefficient (Wildman–Crippen LogP) is 0.578. The van der Waals surface area contributed by atoms with E-state index in [0.29, 0.717) is 6.07 Å². The maximum Gasteiger partial charge on any atom is 0.243 e. The Morgan fingerprint density at radius 2 is 1.76 bits per heavy atom. The molecule has 1 aliphatic rings. The average molecular weight is 263 g/mol. The minimum atomic E-state index is -3.85. The molecule has 0 bridgehead atoms. The van der Waals surface area contributed by atoms with Crippen molar-refractivity contribution >= 4 is 10.0 Å². The molecule has 1 saturated heterocycles. The second-order valence-electron chi connectivity index (χ2n) is 3.98. The molecule has 1 aromatic carbocycles. The largest absolute Gasteiger partial charge is 0.396 e. The minimum absolute atomic E-state index is 0.0937. The molecule has 1 aliphatic heterocycles. The fraction of sp³-hybridized carbons (Fsp3) is 0.400. The lowest BCUT2D eigenvalue weighted by Crippen LogP contribution is -2.51. The number of sulfonamides is 1. The van der Waals surface area contributed by atoms with E-state index in [-0.39, 0.29) is 25.6 Å². The van der Waals surface area contributed by atoms with Crippen molar-refractivity contribution in [3.8, 4) is 0 Å². The standard InChI is InChI=1S/C10H11F2NO3S/c11-8-1-9(12)3-10(2-8)17(15,16)13-4-7(5-13)6-14/h1-3,7,14H,4-6H2. The van der Waals surface area contributed by atoms with Gasteiger partial charge in [0.1, 0.15) is 11.6 Å². The Morgan fingerprint density at radius 1 is 1.24 bits per heavy atom. The molecular formula is C10H11F2NO3S. The van der Waals surface area contributed by atoms with Crippen molar-refractivity contribution in [2.75, 3.05) is 19.7 Å². The second-order valence-corrected chi connectivity index (χ2v) is 5.91. The minimum Gasteiger partial charge on any atom is -0.396 e. The first-order chi connectivity index (χ1) is 7.93. The maximum atomic E-state index is 12.9. The summed E-state index contributed by atoms with van der Waals surface area (Å²) in [5.41, 5.74) is 0. The highest BCUT2D eigenvalue weighted by Crippen LogP contribution is 2.25. The van der Waals surface area contributed by atoms with Crippen LogP contribution < -0.4 is 0 Å². The van der Waals surface area contributed by atoms with E-state index in [1.54, 1.807) is 0 Å². The van der Waals surface area contributed by atoms with Crippen LogP contribution in [0.5, 0.6) is 0 Å². The van der Waals surface area contributed by atoms with Gasteiger partial charge in [0.25, 0.3) is 0 Å². The van der Waals surface area contributed by atoms with Crippen LogP contribution >= 0.6 is 0 Å². The number of aliphatic hydroxyl groups is 1. The first kappa shape index (κ1) is 12.4. The summed E-state index contributed by atoms with van der Waals surface area (Å²) < 4.78 is 50.7. The molecule has 0 aliphatic carbocycles. The van der Waals surface area contributed by atoms with Crippen molar-refractivity contribution in [2.45, 2.75) is 4.90 Å². The summed E-state index contributed by atoms with van der Waals surface area (Å²) in [4.78, 5) is -0.397.